The molecule has 0 aliphatic heterocycles. The summed E-state index contributed by atoms with van der Waals surface area (Å²) >= 11 is 0. The van der Waals surface area contributed by atoms with Crippen molar-refractivity contribution >= 4 is 5.91 Å². The van der Waals surface area contributed by atoms with E-state index in [9.17, 15) is 4.79 Å². The molecule has 3 heteroatoms. The van der Waals surface area contributed by atoms with Gasteiger partial charge in [-0.25, -0.2) is 0 Å². The minimum Gasteiger partial charge on any atom is -0.340 e. The van der Waals surface area contributed by atoms with Gasteiger partial charge in [-0.05, 0) is 39.3 Å². The minimum atomic E-state index is 0.184. The molecule has 2 N–H and O–H groups in total. The highest BCUT2D eigenvalue weighted by molar-refractivity contribution is 5.79. The SMILES string of the molecule is Cc1cccc(CC(=O)N(CCCN)C(C)C)c1. The number of nitrogens with zero attached hydrogens (tertiary/aromatic N) is 1. The van der Waals surface area contributed by atoms with Gasteiger partial charge in [0.2, 0.25) is 5.91 Å². The highest BCUT2D eigenvalue weighted by atomic mass is 16.2. The highest BCUT2D eigenvalue weighted by Gasteiger charge is 2.16. The van der Waals surface area contributed by atoms with Crippen LogP contribution >= 0.6 is 0 Å². The molecular weight excluding hydrogens is 224 g/mol. The molecule has 0 atom stereocenters. The molecule has 0 unspecified atom stereocenters. The Morgan fingerprint density at radius 2 is 2.11 bits per heavy atom. The quantitative estimate of drug-likeness (QED) is 0.838. The van der Waals surface area contributed by atoms with Gasteiger partial charge in [0.15, 0.2) is 0 Å². The lowest BCUT2D eigenvalue weighted by Gasteiger charge is -2.26. The van der Waals surface area contributed by atoms with Crippen molar-refractivity contribution in [1.82, 2.24) is 4.90 Å². The monoisotopic (exact) mass is 248 g/mol. The molecule has 0 fully saturated rings. The summed E-state index contributed by atoms with van der Waals surface area (Å²) in [6.45, 7) is 7.51. The fourth-order valence-electron chi connectivity index (χ4n) is 2.03. The van der Waals surface area contributed by atoms with Gasteiger partial charge >= 0.3 is 0 Å². The van der Waals surface area contributed by atoms with Gasteiger partial charge in [-0.15, -0.1) is 0 Å². The molecule has 0 aliphatic rings. The molecule has 0 bridgehead atoms. The second kappa shape index (κ2) is 7.17. The van der Waals surface area contributed by atoms with Gasteiger partial charge in [0.25, 0.3) is 0 Å². The molecular formula is C15H24N2O. The number of benzene rings is 1. The normalized spacial score (nSPS) is 10.7. The van der Waals surface area contributed by atoms with E-state index in [-0.39, 0.29) is 11.9 Å². The molecule has 1 aromatic rings. The fourth-order valence-corrected chi connectivity index (χ4v) is 2.03. The van der Waals surface area contributed by atoms with Crippen LogP contribution in [0.4, 0.5) is 0 Å². The van der Waals surface area contributed by atoms with Crippen LogP contribution < -0.4 is 5.73 Å². The number of hydrogen-bond donors (Lipinski definition) is 1. The summed E-state index contributed by atoms with van der Waals surface area (Å²) in [5, 5.41) is 0. The number of carbonyl (C=O) groups is 1. The maximum absolute atomic E-state index is 12.3. The highest BCUT2D eigenvalue weighted by Crippen LogP contribution is 2.09. The third-order valence-electron chi connectivity index (χ3n) is 2.98. The summed E-state index contributed by atoms with van der Waals surface area (Å²) in [5.74, 6) is 0.184. The van der Waals surface area contributed by atoms with E-state index in [1.807, 2.05) is 43.9 Å². The van der Waals surface area contributed by atoms with Gasteiger partial charge in [-0.3, -0.25) is 4.79 Å². The van der Waals surface area contributed by atoms with Crippen molar-refractivity contribution in [2.45, 2.75) is 39.7 Å². The average Bonchev–Trinajstić information content (AvgIpc) is 2.29. The molecule has 0 aromatic heterocycles. The van der Waals surface area contributed by atoms with Crippen LogP contribution in [0.5, 0.6) is 0 Å². The van der Waals surface area contributed by atoms with Crippen molar-refractivity contribution in [3.8, 4) is 0 Å². The second-order valence-electron chi connectivity index (χ2n) is 4.99. The lowest BCUT2D eigenvalue weighted by Crippen LogP contribution is -2.39. The second-order valence-corrected chi connectivity index (χ2v) is 4.99. The number of hydrogen-bond acceptors (Lipinski definition) is 2. The number of carbonyl (C=O) groups excluding carboxylic acids is 1. The molecule has 18 heavy (non-hydrogen) atoms. The Kier molecular flexibility index (Phi) is 5.86. The van der Waals surface area contributed by atoms with Crippen molar-refractivity contribution in [3.05, 3.63) is 35.4 Å². The molecule has 0 aliphatic carbocycles. The zero-order valence-corrected chi connectivity index (χ0v) is 11.6. The molecule has 0 saturated carbocycles. The third-order valence-corrected chi connectivity index (χ3v) is 2.98. The van der Waals surface area contributed by atoms with Gasteiger partial charge < -0.3 is 10.6 Å². The van der Waals surface area contributed by atoms with E-state index in [4.69, 9.17) is 5.73 Å². The molecule has 1 amide bonds. The smallest absolute Gasteiger partial charge is 0.227 e. The summed E-state index contributed by atoms with van der Waals surface area (Å²) < 4.78 is 0. The summed E-state index contributed by atoms with van der Waals surface area (Å²) in [5.41, 5.74) is 7.79. The lowest BCUT2D eigenvalue weighted by atomic mass is 10.1. The van der Waals surface area contributed by atoms with Crippen LogP contribution in [0.25, 0.3) is 0 Å². The standard InChI is InChI=1S/C15H24N2O/c1-12(2)17(9-5-8-16)15(18)11-14-7-4-6-13(3)10-14/h4,6-7,10,12H,5,8-9,11,16H2,1-3H3. The number of rotatable bonds is 6. The van der Waals surface area contributed by atoms with Crippen LogP contribution in [0.2, 0.25) is 0 Å². The van der Waals surface area contributed by atoms with E-state index in [0.29, 0.717) is 13.0 Å². The molecule has 100 valence electrons. The van der Waals surface area contributed by atoms with E-state index in [2.05, 4.69) is 6.07 Å². The number of nitrogens with two attached hydrogens (primary N) is 1. The Bertz CT molecular complexity index is 388. The third kappa shape index (κ3) is 4.49. The first-order valence-electron chi connectivity index (χ1n) is 6.59. The zero-order chi connectivity index (χ0) is 13.5. The summed E-state index contributed by atoms with van der Waals surface area (Å²) in [6, 6.07) is 8.35. The summed E-state index contributed by atoms with van der Waals surface area (Å²) in [4.78, 5) is 14.2. The topological polar surface area (TPSA) is 46.3 Å². The first-order valence-corrected chi connectivity index (χ1v) is 6.59. The van der Waals surface area contributed by atoms with E-state index < -0.39 is 0 Å². The van der Waals surface area contributed by atoms with Gasteiger partial charge in [0.05, 0.1) is 6.42 Å². The number of amides is 1. The van der Waals surface area contributed by atoms with E-state index >= 15 is 0 Å². The maximum atomic E-state index is 12.3. The minimum absolute atomic E-state index is 0.184. The van der Waals surface area contributed by atoms with E-state index in [0.717, 1.165) is 18.5 Å². The first kappa shape index (κ1) is 14.7. The van der Waals surface area contributed by atoms with Crippen LogP contribution in [0.1, 0.15) is 31.4 Å². The van der Waals surface area contributed by atoms with Crippen LogP contribution in [-0.4, -0.2) is 29.9 Å². The molecule has 0 saturated heterocycles. The Hall–Kier alpha value is -1.35. The first-order chi connectivity index (χ1) is 8.54. The van der Waals surface area contributed by atoms with Crippen LogP contribution in [0.3, 0.4) is 0 Å². The zero-order valence-electron chi connectivity index (χ0n) is 11.6. The molecule has 1 aromatic carbocycles. The fraction of sp³-hybridized carbons (Fsp3) is 0.533. The molecule has 1 rings (SSSR count). The largest absolute Gasteiger partial charge is 0.340 e. The Labute approximate surface area is 110 Å². The van der Waals surface area contributed by atoms with Crippen LogP contribution in [0.15, 0.2) is 24.3 Å². The lowest BCUT2D eigenvalue weighted by molar-refractivity contribution is -0.132. The average molecular weight is 248 g/mol. The van der Waals surface area contributed by atoms with Gasteiger partial charge in [-0.2, -0.15) is 0 Å². The van der Waals surface area contributed by atoms with Crippen molar-refractivity contribution < 1.29 is 4.79 Å². The van der Waals surface area contributed by atoms with E-state index in [1.165, 1.54) is 5.56 Å². The Balaban J connectivity index is 2.66. The van der Waals surface area contributed by atoms with Crippen LogP contribution in [0, 0.1) is 6.92 Å². The van der Waals surface area contributed by atoms with Crippen molar-refractivity contribution in [3.63, 3.8) is 0 Å². The van der Waals surface area contributed by atoms with Crippen LogP contribution in [-0.2, 0) is 11.2 Å². The van der Waals surface area contributed by atoms with Crippen molar-refractivity contribution in [2.24, 2.45) is 5.73 Å². The summed E-state index contributed by atoms with van der Waals surface area (Å²) in [6.07, 6.45) is 1.34. The van der Waals surface area contributed by atoms with Gasteiger partial charge in [0, 0.05) is 12.6 Å². The molecule has 0 heterocycles. The Morgan fingerprint density at radius 3 is 2.67 bits per heavy atom. The van der Waals surface area contributed by atoms with Gasteiger partial charge in [0.1, 0.15) is 0 Å². The molecule has 3 nitrogen and oxygen atoms in total. The molecule has 0 spiro atoms. The predicted octanol–water partition coefficient (Wildman–Crippen LogP) is 2.12. The maximum Gasteiger partial charge on any atom is 0.227 e. The van der Waals surface area contributed by atoms with Crippen molar-refractivity contribution in [2.75, 3.05) is 13.1 Å². The van der Waals surface area contributed by atoms with Crippen molar-refractivity contribution in [1.29, 1.82) is 0 Å². The molecule has 0 radical (unpaired) electrons. The van der Waals surface area contributed by atoms with Gasteiger partial charge in [-0.1, -0.05) is 29.8 Å². The Morgan fingerprint density at radius 1 is 1.39 bits per heavy atom. The predicted molar refractivity (Wildman–Crippen MR) is 75.4 cm³/mol. The van der Waals surface area contributed by atoms with E-state index in [1.54, 1.807) is 0 Å². The number of aryl methyl sites for hydroxylation is 1. The summed E-state index contributed by atoms with van der Waals surface area (Å²) in [7, 11) is 0.